The zero-order valence-electron chi connectivity index (χ0n) is 65.1. The van der Waals surface area contributed by atoms with Crippen LogP contribution in [0.15, 0.2) is 110 Å². The van der Waals surface area contributed by atoms with E-state index in [-0.39, 0.29) is 151 Å². The van der Waals surface area contributed by atoms with E-state index in [9.17, 15) is 68.3 Å². The van der Waals surface area contributed by atoms with E-state index in [1.807, 2.05) is 26.7 Å². The molecule has 14 N–H and O–H groups in total. The quantitative estimate of drug-likeness (QED) is 0.0349. The second-order valence-electron chi connectivity index (χ2n) is 31.4. The fourth-order valence-corrected chi connectivity index (χ4v) is 16.3. The number of nitrogens with two attached hydrogens (primary N) is 6. The van der Waals surface area contributed by atoms with Crippen LogP contribution in [0.25, 0.3) is 33.8 Å². The molecule has 6 fully saturated rings. The van der Waals surface area contributed by atoms with Crippen LogP contribution in [-0.4, -0.2) is 154 Å². The van der Waals surface area contributed by atoms with Crippen LogP contribution in [0.1, 0.15) is 190 Å². The number of carbonyl (C=O) groups excluding carboxylic acids is 5. The molecule has 3 aliphatic heterocycles. The summed E-state index contributed by atoms with van der Waals surface area (Å²) >= 11 is 0. The highest BCUT2D eigenvalue weighted by Gasteiger charge is 2.54. The lowest BCUT2D eigenvalue weighted by atomic mass is 9.65. The summed E-state index contributed by atoms with van der Waals surface area (Å²) in [5, 5.41) is 37.7. The molecule has 0 radical (unpaired) electrons. The normalized spacial score (nSPS) is 19.9. The molecule has 3 aliphatic carbocycles. The highest BCUT2D eigenvalue weighted by Crippen LogP contribution is 2.57. The summed E-state index contributed by atoms with van der Waals surface area (Å²) in [6.07, 6.45) is 3.26. The Morgan fingerprint density at radius 1 is 0.512 bits per heavy atom. The number of primary amides is 3. The number of nitrogens with zero attached hydrogens (tertiary/aromatic N) is 14. The molecular weight excluding hydrogens is 1640 g/mol. The molecule has 3 saturated heterocycles. The van der Waals surface area contributed by atoms with Crippen molar-refractivity contribution in [2.45, 2.75) is 169 Å². The summed E-state index contributed by atoms with van der Waals surface area (Å²) < 4.78 is 132. The Kier molecular flexibility index (Phi) is 28.8. The molecule has 29 nitrogen and oxygen atoms in total. The number of rotatable bonds is 15. The largest absolute Gasteiger partial charge is 0.472 e. The molecule has 3 aromatic carbocycles. The third kappa shape index (κ3) is 21.2. The third-order valence-corrected chi connectivity index (χ3v) is 21.8. The van der Waals surface area contributed by atoms with Gasteiger partial charge >= 0.3 is 30.6 Å². The first-order valence-corrected chi connectivity index (χ1v) is 37.2. The van der Waals surface area contributed by atoms with Gasteiger partial charge in [-0.1, -0.05) is 63.1 Å². The number of hydrogen-bond acceptors (Lipinski definition) is 17. The number of halogens is 11. The van der Waals surface area contributed by atoms with Crippen molar-refractivity contribution in [2.75, 3.05) is 56.5 Å². The van der Waals surface area contributed by atoms with E-state index >= 15 is 0 Å². The Hall–Kier alpha value is -12.0. The van der Waals surface area contributed by atoms with E-state index in [2.05, 4.69) is 53.7 Å². The van der Waals surface area contributed by atoms with E-state index in [1.165, 1.54) is 57.8 Å². The van der Waals surface area contributed by atoms with E-state index in [0.717, 1.165) is 107 Å². The number of carbonyl (C=O) groups is 6. The van der Waals surface area contributed by atoms with Crippen molar-refractivity contribution in [2.24, 2.45) is 33.4 Å². The number of likely N-dealkylation sites (tertiary alicyclic amines) is 2. The Bertz CT molecular complexity index is 5410. The van der Waals surface area contributed by atoms with Crippen molar-refractivity contribution in [3.05, 3.63) is 160 Å². The maximum absolute atomic E-state index is 13.1. The van der Waals surface area contributed by atoms with E-state index in [0.29, 0.717) is 65.3 Å². The highest BCUT2D eigenvalue weighted by molar-refractivity contribution is 6.05. The van der Waals surface area contributed by atoms with Gasteiger partial charge in [-0.25, -0.2) is 23.6 Å². The molecule has 5 amide bonds. The molecule has 6 aromatic heterocycles. The van der Waals surface area contributed by atoms with Gasteiger partial charge in [-0.15, -0.1) is 24.8 Å². The number of carboxylic acids is 1. The van der Waals surface area contributed by atoms with E-state index in [4.69, 9.17) is 44.2 Å². The lowest BCUT2D eigenvalue weighted by Gasteiger charge is -2.45. The third-order valence-electron chi connectivity index (χ3n) is 21.8. The van der Waals surface area contributed by atoms with Gasteiger partial charge in [0, 0.05) is 73.9 Å². The van der Waals surface area contributed by atoms with Gasteiger partial charge in [0.2, 0.25) is 0 Å². The van der Waals surface area contributed by atoms with E-state index in [1.54, 1.807) is 67.6 Å². The van der Waals surface area contributed by atoms with Crippen LogP contribution in [-0.2, 0) is 52.5 Å². The number of alkyl halides is 9. The number of nitrogen functional groups attached to an aromatic ring is 3. The average Bonchev–Trinajstić information content (AvgIpc) is 1.60. The fraction of sp³-hybridized carbons (Fsp3) is 0.432. The first kappa shape index (κ1) is 94.5. The SMILES string of the molecule is C.C.CC#CC(=O)N1CCC2(CC(n3nc(-c4cnn(Cc5cccc(C(F)(F)F)c5)c4)c(C(N)=O)c3N)C2)C1.CC#CC(=O)O.CC(C)(C)OC(=O)N1CCC2(CC(n3nc(-c4cnn(Cc5cccc(C(F)(F)F)c5)c4)c(C(N)=O)c3N)C2)C1.Cl.Cl.NC(=O)c1c(-c2cnn(Cc3cccc(C(F)(F)F)c3)c2)nn(C2CC3(CCNC3)C2)c1N. The number of ether oxygens (including phenoxy) is 1. The Morgan fingerprint density at radius 2 is 0.843 bits per heavy atom. The van der Waals surface area contributed by atoms with Crippen LogP contribution in [0, 0.1) is 39.9 Å². The topological polar surface area (TPSA) is 413 Å². The molecule has 9 aromatic rings. The van der Waals surface area contributed by atoms with Gasteiger partial charge in [0.1, 0.15) is 56.8 Å². The number of benzene rings is 3. The molecule has 0 bridgehead atoms. The Labute approximate surface area is 703 Å². The standard InChI is InChI=1S/C27H32F3N7O3.C26H26F3N7O2.C22H24F3N7O.C4H4O2.2CH4.2ClH/c1-25(2,3)40-24(39)35-8-7-26(15-35)10-19(11-26)37-22(31)20(23(32)38)21(34-37)17-12-33-36(14-17)13-16-5-4-6-18(9-16)27(28,29)30;1-2-4-20(37)34-8-7-25(15-34)10-19(11-25)36-23(30)21(24(31)38)22(33-36)17-12-32-35(14-17)13-16-5-3-6-18(9-16)26(27,28)29;23-22(24,25)15-3-1-2-13(6-15)10-31-11-14(9-29-31)18-17(20(27)33)19(26)32(30-18)16-7-21(8-16)4-5-28-12-21;1-2-3-4(5)6;;;;/h4-6,9,12,14,19H,7-8,10-11,13,15,31H2,1-3H3,(H2,32,38);3,5-6,9,12,14,19H,7-8,10-11,13,15,30H2,1H3,(H2,31,38);1-3,6,9,11,16,28H,4-5,7-8,10,12,26H2,(H2,27,33);1H3,(H,5,6);2*1H4;2*1H. The minimum absolute atomic E-state index is 0. The Balaban J connectivity index is 0.000000215. The number of hydrogen-bond donors (Lipinski definition) is 8. The van der Waals surface area contributed by atoms with Crippen molar-refractivity contribution >= 4 is 78.0 Å². The van der Waals surface area contributed by atoms with Gasteiger partial charge < -0.3 is 59.4 Å². The first-order valence-electron chi connectivity index (χ1n) is 37.2. The van der Waals surface area contributed by atoms with Crippen molar-refractivity contribution < 1.29 is 78.1 Å². The van der Waals surface area contributed by atoms with Crippen LogP contribution < -0.4 is 39.7 Å². The molecule has 0 unspecified atom stereocenters. The summed E-state index contributed by atoms with van der Waals surface area (Å²) in [7, 11) is 0. The molecule has 15 rings (SSSR count). The first-order chi connectivity index (χ1) is 55.1. The van der Waals surface area contributed by atoms with Gasteiger partial charge in [0.05, 0.1) is 73.0 Å². The second kappa shape index (κ2) is 36.9. The number of nitrogens with one attached hydrogen (secondary N) is 1. The van der Waals surface area contributed by atoms with Gasteiger partial charge in [-0.2, -0.15) is 70.1 Å². The van der Waals surface area contributed by atoms with Crippen LogP contribution in [0.2, 0.25) is 0 Å². The zero-order chi connectivity index (χ0) is 84.6. The smallest absolute Gasteiger partial charge is 0.416 e. The minimum atomic E-state index is -4.45. The van der Waals surface area contributed by atoms with Crippen molar-refractivity contribution in [3.63, 3.8) is 0 Å². The van der Waals surface area contributed by atoms with Crippen LogP contribution >= 0.6 is 24.8 Å². The highest BCUT2D eigenvalue weighted by atomic mass is 35.5. The van der Waals surface area contributed by atoms with Crippen LogP contribution in [0.4, 0.5) is 61.8 Å². The number of amides is 5. The summed E-state index contributed by atoms with van der Waals surface area (Å²) in [5.41, 5.74) is 37.2. The predicted octanol–water partition coefficient (Wildman–Crippen LogP) is 12.5. The minimum Gasteiger partial charge on any atom is -0.472 e. The lowest BCUT2D eigenvalue weighted by molar-refractivity contribution is -0.138. The predicted molar refractivity (Wildman–Crippen MR) is 436 cm³/mol. The van der Waals surface area contributed by atoms with Gasteiger partial charge in [0.15, 0.2) is 0 Å². The zero-order valence-corrected chi connectivity index (χ0v) is 66.7. The average molecular weight is 1730 g/mol. The molecule has 3 saturated carbocycles. The summed E-state index contributed by atoms with van der Waals surface area (Å²) in [6, 6.07) is 15.1. The van der Waals surface area contributed by atoms with Crippen molar-refractivity contribution in [1.82, 2.24) is 73.8 Å². The molecule has 121 heavy (non-hydrogen) atoms. The van der Waals surface area contributed by atoms with Crippen molar-refractivity contribution in [1.29, 1.82) is 0 Å². The van der Waals surface area contributed by atoms with Crippen molar-refractivity contribution in [3.8, 4) is 57.5 Å². The number of anilines is 3. The summed E-state index contributed by atoms with van der Waals surface area (Å²) in [4.78, 5) is 74.4. The van der Waals surface area contributed by atoms with Crippen LogP contribution in [0.5, 0.6) is 0 Å². The van der Waals surface area contributed by atoms with Gasteiger partial charge in [-0.05, 0) is 174 Å². The number of aliphatic carboxylic acids is 1. The molecule has 40 heteroatoms. The molecule has 9 heterocycles. The summed E-state index contributed by atoms with van der Waals surface area (Å²) in [5.74, 6) is 6.44. The fourth-order valence-electron chi connectivity index (χ4n) is 16.3. The van der Waals surface area contributed by atoms with Gasteiger partial charge in [0.25, 0.3) is 23.6 Å². The monoisotopic (exact) mass is 1730 g/mol. The molecule has 6 aliphatic rings. The number of aromatic nitrogens is 12. The maximum Gasteiger partial charge on any atom is 0.416 e. The molecule has 650 valence electrons. The molecule has 0 atom stereocenters. The maximum atomic E-state index is 13.1. The van der Waals surface area contributed by atoms with E-state index < -0.39 is 64.5 Å². The molecular formula is C81H96Cl2F9N21O8. The van der Waals surface area contributed by atoms with Crippen LogP contribution in [0.3, 0.4) is 0 Å². The lowest BCUT2D eigenvalue weighted by Crippen LogP contribution is -2.43. The Morgan fingerprint density at radius 3 is 1.13 bits per heavy atom. The summed E-state index contributed by atoms with van der Waals surface area (Å²) in [6.45, 7) is 13.4. The molecule has 3 spiro atoms. The second-order valence-corrected chi connectivity index (χ2v) is 31.4. The number of carboxylic acid groups (broad SMARTS) is 1. The van der Waals surface area contributed by atoms with Gasteiger partial charge in [-0.3, -0.25) is 33.2 Å².